The number of hydrogen-bond donors (Lipinski definition) is 1. The molecule has 21 heavy (non-hydrogen) atoms. The summed E-state index contributed by atoms with van der Waals surface area (Å²) in [5.74, 6) is 0.322. The molecule has 100 valence electrons. The zero-order valence-electron chi connectivity index (χ0n) is 11.9. The van der Waals surface area contributed by atoms with Crippen molar-refractivity contribution in [2.45, 2.75) is 0 Å². The molecule has 0 radical (unpaired) electrons. The van der Waals surface area contributed by atoms with Crippen molar-refractivity contribution in [3.05, 3.63) is 69.8 Å². The van der Waals surface area contributed by atoms with Crippen LogP contribution in [0.25, 0.3) is 0 Å². The molecule has 0 saturated heterocycles. The second-order valence-corrected chi connectivity index (χ2v) is 1.34. The van der Waals surface area contributed by atoms with Crippen LogP contribution in [-0.4, -0.2) is 5.11 Å². The van der Waals surface area contributed by atoms with E-state index < -0.39 is 0 Å². The van der Waals surface area contributed by atoms with E-state index in [1.807, 2.05) is 6.07 Å². The average Bonchev–Trinajstić information content (AvgIpc) is 2.59. The van der Waals surface area contributed by atoms with Crippen LogP contribution < -0.4 is 51.4 Å². The zero-order valence-corrected chi connectivity index (χ0v) is 15.1. The van der Waals surface area contributed by atoms with Gasteiger partial charge in [0.05, 0.1) is 0 Å². The molecular formula is C12H7FeKN6O. The minimum atomic E-state index is 0. The summed E-state index contributed by atoms with van der Waals surface area (Å²) in [6.07, 6.45) is 0. The molecule has 0 aromatic heterocycles. The van der Waals surface area contributed by atoms with Crippen molar-refractivity contribution in [2.24, 2.45) is 0 Å². The van der Waals surface area contributed by atoms with Gasteiger partial charge in [-0.05, 0) is 12.1 Å². The fourth-order valence-corrected chi connectivity index (χ4v) is 0.428. The standard InChI is InChI=1S/C6H6O.6CN.Fe.K.H/c7-6-4-2-1-3-5-6;6*1-2;;;/h1-5,7H;;;;;;;;;/q;6*-1;+6;+1;-1. The van der Waals surface area contributed by atoms with Gasteiger partial charge in [-0.2, -0.15) is 0 Å². The van der Waals surface area contributed by atoms with E-state index in [4.69, 9.17) is 76.1 Å². The van der Waals surface area contributed by atoms with Crippen molar-refractivity contribution in [1.29, 1.82) is 31.6 Å². The van der Waals surface area contributed by atoms with Crippen molar-refractivity contribution < 1.29 is 75.0 Å². The Morgan fingerprint density at radius 3 is 0.905 bits per heavy atom. The Kier molecular flexibility index (Phi) is 343. The minimum Gasteiger partial charge on any atom is -1.00 e. The van der Waals surface area contributed by atoms with Crippen LogP contribution in [0.3, 0.4) is 0 Å². The van der Waals surface area contributed by atoms with E-state index in [1.54, 1.807) is 24.3 Å². The Labute approximate surface area is 180 Å². The Hall–Kier alpha value is -1.88. The third-order valence-electron chi connectivity index (χ3n) is 0.756. The summed E-state index contributed by atoms with van der Waals surface area (Å²) in [5.41, 5.74) is 0. The van der Waals surface area contributed by atoms with Crippen molar-refractivity contribution in [3.63, 3.8) is 0 Å². The molecule has 0 aliphatic rings. The molecule has 1 rings (SSSR count). The normalized spacial score (nSPS) is 3.43. The number of rotatable bonds is 0. The summed E-state index contributed by atoms with van der Waals surface area (Å²) in [6, 6.07) is 8.71. The fourth-order valence-electron chi connectivity index (χ4n) is 0.428. The van der Waals surface area contributed by atoms with E-state index in [2.05, 4.69) is 0 Å². The molecule has 0 unspecified atom stereocenters. The summed E-state index contributed by atoms with van der Waals surface area (Å²) in [4.78, 5) is 0. The monoisotopic (exact) mass is 346 g/mol. The second kappa shape index (κ2) is 142. The van der Waals surface area contributed by atoms with Crippen LogP contribution >= 0.6 is 0 Å². The van der Waals surface area contributed by atoms with Gasteiger partial charge in [0, 0.05) is 0 Å². The van der Waals surface area contributed by atoms with Crippen molar-refractivity contribution in [3.8, 4) is 5.75 Å². The molecule has 7 nitrogen and oxygen atoms in total. The first kappa shape index (κ1) is 50.8. The van der Waals surface area contributed by atoms with E-state index in [1.165, 1.54) is 0 Å². The maximum absolute atomic E-state index is 8.63. The molecule has 0 aliphatic carbocycles. The predicted molar refractivity (Wildman–Crippen MR) is 59.0 cm³/mol. The van der Waals surface area contributed by atoms with Crippen LogP contribution in [0.1, 0.15) is 1.43 Å². The summed E-state index contributed by atoms with van der Waals surface area (Å²) >= 11 is 0. The van der Waals surface area contributed by atoms with Gasteiger partial charge in [-0.15, -0.1) is 0 Å². The van der Waals surface area contributed by atoms with Crippen LogP contribution in [0.5, 0.6) is 5.75 Å². The molecule has 1 aromatic carbocycles. The SMILES string of the molecule is Oc1ccccc1.[C-]#N.[C-]#N.[C-]#N.[C-]#N.[C-]#N.[C-]#N.[Fe+6].[H-].[K+]. The van der Waals surface area contributed by atoms with Gasteiger partial charge in [-0.1, -0.05) is 18.2 Å². The first-order valence-corrected chi connectivity index (χ1v) is 3.48. The average molecular weight is 346 g/mol. The fraction of sp³-hybridized carbons (Fsp3) is 0. The smallest absolute Gasteiger partial charge is 1.00 e. The number of hydrogen-bond acceptors (Lipinski definition) is 7. The van der Waals surface area contributed by atoms with Crippen molar-refractivity contribution >= 4 is 0 Å². The number of para-hydroxylation sites is 1. The third-order valence-corrected chi connectivity index (χ3v) is 0.756. The zero-order chi connectivity index (χ0) is 17.1. The first-order chi connectivity index (χ1) is 9.39. The molecule has 1 aromatic rings. The minimum absolute atomic E-state index is 0. The molecule has 1 N–H and O–H groups in total. The van der Waals surface area contributed by atoms with Gasteiger partial charge in [-0.3, -0.25) is 0 Å². The molecular weight excluding hydrogens is 339 g/mol. The quantitative estimate of drug-likeness (QED) is 0.469. The van der Waals surface area contributed by atoms with Crippen LogP contribution in [0.15, 0.2) is 30.3 Å². The third kappa shape index (κ3) is 126. The van der Waals surface area contributed by atoms with Gasteiger partial charge < -0.3 is 77.5 Å². The molecule has 0 fully saturated rings. The molecule has 9 heteroatoms. The summed E-state index contributed by atoms with van der Waals surface area (Å²) in [7, 11) is 0. The largest absolute Gasteiger partial charge is 6.00 e. The molecule has 0 heterocycles. The Morgan fingerprint density at radius 2 is 0.810 bits per heavy atom. The maximum atomic E-state index is 8.63. The number of phenols is 1. The number of phenolic OH excluding ortho intramolecular Hbond substituents is 1. The number of aromatic hydroxyl groups is 1. The predicted octanol–water partition coefficient (Wildman–Crippen LogP) is -0.916. The van der Waals surface area contributed by atoms with Gasteiger partial charge in [0.15, 0.2) is 0 Å². The van der Waals surface area contributed by atoms with Crippen LogP contribution in [0.4, 0.5) is 0 Å². The van der Waals surface area contributed by atoms with Crippen LogP contribution in [0.2, 0.25) is 0 Å². The van der Waals surface area contributed by atoms with Gasteiger partial charge >= 0.3 is 68.5 Å². The van der Waals surface area contributed by atoms with Gasteiger partial charge in [0.25, 0.3) is 0 Å². The molecule has 0 atom stereocenters. The van der Waals surface area contributed by atoms with Crippen LogP contribution in [0, 0.1) is 71.0 Å². The summed E-state index contributed by atoms with van der Waals surface area (Å²) in [6.45, 7) is 28.5. The molecule has 0 saturated carbocycles. The molecule has 0 bridgehead atoms. The van der Waals surface area contributed by atoms with Crippen molar-refractivity contribution in [1.82, 2.24) is 0 Å². The topological polar surface area (TPSA) is 163 Å². The van der Waals surface area contributed by atoms with E-state index in [9.17, 15) is 0 Å². The Morgan fingerprint density at radius 1 is 0.619 bits per heavy atom. The van der Waals surface area contributed by atoms with Crippen molar-refractivity contribution in [2.75, 3.05) is 0 Å². The first-order valence-electron chi connectivity index (χ1n) is 3.48. The van der Waals surface area contributed by atoms with Gasteiger partial charge in [-0.25, -0.2) is 0 Å². The second-order valence-electron chi connectivity index (χ2n) is 1.34. The molecule has 0 amide bonds. The number of benzene rings is 1. The van der Waals surface area contributed by atoms with E-state index >= 15 is 0 Å². The van der Waals surface area contributed by atoms with Crippen LogP contribution in [-0.2, 0) is 17.1 Å². The Bertz CT molecular complexity index is 318. The van der Waals surface area contributed by atoms with Gasteiger partial charge in [0.2, 0.25) is 0 Å². The van der Waals surface area contributed by atoms with E-state index in [0.717, 1.165) is 0 Å². The Balaban J connectivity index is -0.0000000142. The molecule has 0 aliphatic heterocycles. The summed E-state index contributed by atoms with van der Waals surface area (Å²) in [5, 5.41) is 46.1. The van der Waals surface area contributed by atoms with E-state index in [-0.39, 0.29) is 69.9 Å². The summed E-state index contributed by atoms with van der Waals surface area (Å²) < 4.78 is 0. The van der Waals surface area contributed by atoms with Gasteiger partial charge in [0.1, 0.15) is 5.75 Å². The number of nitrogens with zero attached hydrogens (tertiary/aromatic N) is 6. The maximum Gasteiger partial charge on any atom is 6.00 e. The molecule has 0 spiro atoms. The van der Waals surface area contributed by atoms with E-state index in [0.29, 0.717) is 5.75 Å².